The summed E-state index contributed by atoms with van der Waals surface area (Å²) in [5.41, 5.74) is -6.46. The predicted octanol–water partition coefficient (Wildman–Crippen LogP) is 17.2. The predicted molar refractivity (Wildman–Crippen MR) is 350 cm³/mol. The minimum atomic E-state index is -2.95. The Labute approximate surface area is 579 Å². The van der Waals surface area contributed by atoms with Crippen molar-refractivity contribution < 1.29 is 78.5 Å². The summed E-state index contributed by atoms with van der Waals surface area (Å²) in [6.45, 7) is 32.8. The van der Waals surface area contributed by atoms with Crippen molar-refractivity contribution in [3.63, 3.8) is 0 Å². The first-order valence-corrected chi connectivity index (χ1v) is 27.4. The van der Waals surface area contributed by atoms with E-state index in [4.69, 9.17) is 98.2 Å². The molecule has 3 aromatic heterocycles. The van der Waals surface area contributed by atoms with Gasteiger partial charge in [-0.2, -0.15) is 15.0 Å². The summed E-state index contributed by atoms with van der Waals surface area (Å²) in [4.78, 5) is 22.1. The number of rotatable bonds is 21. The number of hydrogen-bond acceptors (Lipinski definition) is 15. The number of nitrogens with one attached hydrogen (secondary N) is 3. The van der Waals surface area contributed by atoms with Gasteiger partial charge >= 0.3 is 0 Å². The van der Waals surface area contributed by atoms with Gasteiger partial charge in [-0.05, 0) is 206 Å². The van der Waals surface area contributed by atoms with Crippen molar-refractivity contribution in [3.8, 4) is 85.8 Å². The van der Waals surface area contributed by atoms with Crippen LogP contribution >= 0.6 is 0 Å². The molecule has 0 radical (unpaired) electrons. The van der Waals surface area contributed by atoms with E-state index in [0.717, 1.165) is 0 Å². The molecule has 18 nitrogen and oxygen atoms in total. The minimum Gasteiger partial charge on any atom is -0.502 e. The first-order chi connectivity index (χ1) is 58.1. The Morgan fingerprint density at radius 3 is 1.17 bits per heavy atom. The Kier molecular flexibility index (Phi) is 10.5. The third-order valence-corrected chi connectivity index (χ3v) is 12.2. The van der Waals surface area contributed by atoms with Gasteiger partial charge in [0.1, 0.15) is 17.2 Å². The molecule has 18 heteroatoms. The Hall–Kier alpha value is -9.51. The molecule has 3 heterocycles. The summed E-state index contributed by atoms with van der Waals surface area (Å²) in [5, 5.41) is 19.3. The molecular formula is C72H78N12O6. The van der Waals surface area contributed by atoms with Gasteiger partial charge in [-0.1, -0.05) is 90.6 Å². The minimum absolute atomic E-state index is 0.130. The molecule has 0 saturated heterocycles. The van der Waals surface area contributed by atoms with Crippen molar-refractivity contribution in [2.24, 2.45) is 0 Å². The molecular weight excluding hydrogens is 1130 g/mol. The molecule has 0 fully saturated rings. The van der Waals surface area contributed by atoms with E-state index in [1.165, 1.54) is 55.4 Å². The van der Waals surface area contributed by atoms with Gasteiger partial charge in [0.15, 0.2) is 0 Å². The maximum absolute atomic E-state index is 8.70. The second kappa shape index (κ2) is 29.7. The second-order valence-corrected chi connectivity index (χ2v) is 19.5. The highest BCUT2D eigenvalue weighted by molar-refractivity contribution is 5.74. The van der Waals surface area contributed by atoms with Gasteiger partial charge in [-0.15, -0.1) is 0 Å². The zero-order chi connectivity index (χ0) is 96.0. The fraction of sp³-hybridized carbons (Fsp3) is 0.375. The van der Waals surface area contributed by atoms with E-state index >= 15 is 0 Å². The van der Waals surface area contributed by atoms with Gasteiger partial charge in [0.2, 0.25) is 34.5 Å². The summed E-state index contributed by atoms with van der Waals surface area (Å²) in [6.07, 6.45) is -23.0. The van der Waals surface area contributed by atoms with Crippen LogP contribution in [0.15, 0.2) is 122 Å². The normalized spacial score (nSPS) is 25.2. The van der Waals surface area contributed by atoms with Crippen molar-refractivity contribution in [2.45, 2.75) is 156 Å². The smallest absolute Gasteiger partial charge is 0.256 e. The maximum Gasteiger partial charge on any atom is 0.256 e. The Morgan fingerprint density at radius 2 is 0.856 bits per heavy atom. The van der Waals surface area contributed by atoms with Crippen LogP contribution in [0, 0.1) is 19.7 Å². The highest BCUT2D eigenvalue weighted by atomic mass is 16.5. The molecule has 0 spiro atoms. The molecule has 90 heavy (non-hydrogen) atoms. The SMILES string of the molecule is [2H]c1c([2H])c(-c2noc(-c3c([2H])c([2H])c(OC([2H])(C)C)c([N+]#[C-])c3[2H])n2)c2c(c1[2H])[C@@H](NC([2H])([2H])CC)C([2H])([2H])C2([2H])[2H].[2H]c1c([2H])c(-c2noc(-c3c([2H])c([2H])c(OC([2H])(C)C)c([N+]#[C-])c3[2H])n2)c2c(c1[2H])[C@@H](NCC([2H])([2H])C)C([2H])([2H])C2([2H])[2H].[2H]c1c([2H])c(-c2noc(-c3c([2H])c([2H])c(OC([2H])(C)C)c([N+]#[C-])c3[2H])n2)c2c(c1[2H])[C@@H](NCCC)C([2H])([2H])C2([2H])[2H]. The van der Waals surface area contributed by atoms with Crippen molar-refractivity contribution in [1.29, 1.82) is 0 Å². The van der Waals surface area contributed by atoms with Crippen LogP contribution in [0.5, 0.6) is 17.2 Å². The molecule has 0 bridgehead atoms. The lowest BCUT2D eigenvalue weighted by molar-refractivity contribution is 0.244. The number of aromatic nitrogens is 6. The molecule has 0 aliphatic heterocycles. The highest BCUT2D eigenvalue weighted by Crippen LogP contribution is 2.42. The van der Waals surface area contributed by atoms with Crippen LogP contribution in [0.25, 0.3) is 83.1 Å². The van der Waals surface area contributed by atoms with E-state index in [-0.39, 0.29) is 34.2 Å². The van der Waals surface area contributed by atoms with Crippen LogP contribution < -0.4 is 30.2 Å². The summed E-state index contributed by atoms with van der Waals surface area (Å²) in [5.74, 6) is -4.55. The molecule has 3 N–H and O–H groups in total. The number of nitrogens with zero attached hydrogens (tertiary/aromatic N) is 9. The summed E-state index contributed by atoms with van der Waals surface area (Å²) in [6, 6.07) is -16.3. The zero-order valence-electron chi connectivity index (χ0n) is 86.5. The van der Waals surface area contributed by atoms with E-state index in [9.17, 15) is 0 Å². The standard InChI is InChI=1S/3C24H26N4O2/c3*1-5-13-26-20-11-10-17-18(20)7-6-8-19(17)23-27-24(30-28-23)16-9-12-22(29-15(2)3)21(14-16)25-4/h3*6-9,12,14-15,20,26H,5,10-11,13H2,1-3H3/t3*20-/m000/s1/i6D,7D,8D,9D,10D2,11D2,12D,13D2,14D,15D;5D2,6D,7D,8D,9D,10D2,11D2,12D,14D,15D;6D,7D,8D,9D,10D2,11D2,12D,14D,15D. The van der Waals surface area contributed by atoms with E-state index in [0.29, 0.717) is 13.0 Å². The van der Waals surface area contributed by atoms with E-state index in [1.54, 1.807) is 0 Å². The molecule has 12 rings (SSSR count). The first-order valence-electron chi connectivity index (χ1n) is 45.9. The Morgan fingerprint density at radius 1 is 0.511 bits per heavy atom. The molecule has 0 unspecified atom stereocenters. The molecule has 0 amide bonds. The Bertz CT molecular complexity index is 6090. The lowest BCUT2D eigenvalue weighted by Crippen LogP contribution is -2.19. The van der Waals surface area contributed by atoms with Crippen molar-refractivity contribution in [1.82, 2.24) is 46.4 Å². The number of hydrogen-bond donors (Lipinski definition) is 3. The number of fused-ring (bicyclic) bond motifs is 3. The summed E-state index contributed by atoms with van der Waals surface area (Å²) >= 11 is 0. The van der Waals surface area contributed by atoms with Crippen LogP contribution in [-0.2, 0) is 19.1 Å². The van der Waals surface area contributed by atoms with Crippen LogP contribution in [0.3, 0.4) is 0 Å². The Balaban J connectivity index is 0.000000199. The quantitative estimate of drug-likeness (QED) is 0.0575. The van der Waals surface area contributed by atoms with E-state index in [1.807, 2.05) is 6.92 Å². The van der Waals surface area contributed by atoms with Gasteiger partial charge < -0.3 is 43.7 Å². The average molecular weight is 1240 g/mol. The van der Waals surface area contributed by atoms with Gasteiger partial charge in [-0.25, -0.2) is 14.5 Å². The van der Waals surface area contributed by atoms with Gasteiger partial charge in [0, 0.05) is 77.6 Å². The van der Waals surface area contributed by atoms with Gasteiger partial charge in [-0.3, -0.25) is 0 Å². The topological polar surface area (TPSA) is 194 Å². The third kappa shape index (κ3) is 14.6. The lowest BCUT2D eigenvalue weighted by atomic mass is 10.0. The van der Waals surface area contributed by atoms with Crippen molar-refractivity contribution in [3.05, 3.63) is 176 Å². The van der Waals surface area contributed by atoms with Crippen molar-refractivity contribution >= 4 is 17.1 Å². The van der Waals surface area contributed by atoms with Crippen LogP contribution in [0.4, 0.5) is 17.1 Å². The average Bonchev–Trinajstić information content (AvgIpc) is 1.54. The molecule has 0 saturated carbocycles. The molecule has 3 aliphatic carbocycles. The maximum atomic E-state index is 8.70. The fourth-order valence-electron chi connectivity index (χ4n) is 8.39. The number of ether oxygens (including phenoxy) is 3. The zero-order valence-corrected chi connectivity index (χ0v) is 49.5. The third-order valence-electron chi connectivity index (χ3n) is 12.2. The molecule has 3 atom stereocenters. The monoisotopic (exact) mass is 1240 g/mol. The molecule has 462 valence electrons. The summed E-state index contributed by atoms with van der Waals surface area (Å²) in [7, 11) is 0. The van der Waals surface area contributed by atoms with E-state index < -0.39 is 311 Å². The number of benzene rings is 6. The largest absolute Gasteiger partial charge is 0.502 e. The molecule has 3 aliphatic rings. The van der Waals surface area contributed by atoms with Gasteiger partial charge in [0.05, 0.1) is 62.6 Å². The lowest BCUT2D eigenvalue weighted by Gasteiger charge is -2.13. The van der Waals surface area contributed by atoms with Crippen molar-refractivity contribution in [2.75, 3.05) is 19.6 Å². The molecule has 6 aromatic carbocycles. The van der Waals surface area contributed by atoms with Crippen LogP contribution in [0.1, 0.15) is 203 Å². The van der Waals surface area contributed by atoms with Crippen LogP contribution in [0.2, 0.25) is 0 Å². The second-order valence-electron chi connectivity index (χ2n) is 19.5. The van der Waals surface area contributed by atoms with E-state index in [2.05, 4.69) is 60.9 Å². The summed E-state index contributed by atoms with van der Waals surface area (Å²) < 4.78 is 343. The van der Waals surface area contributed by atoms with Crippen LogP contribution in [-0.4, -0.2) is 68.2 Å². The highest BCUT2D eigenvalue weighted by Gasteiger charge is 2.30. The molecule has 9 aromatic rings. The van der Waals surface area contributed by atoms with Gasteiger partial charge in [0.25, 0.3) is 17.7 Å². The first kappa shape index (κ1) is 31.8. The fourth-order valence-corrected chi connectivity index (χ4v) is 8.39.